The molecule has 0 aromatic carbocycles. The molecule has 1 unspecified atom stereocenters. The van der Waals surface area contributed by atoms with Crippen LogP contribution < -0.4 is 0 Å². The molecule has 1 aliphatic heterocycles. The fourth-order valence-corrected chi connectivity index (χ4v) is 13.1. The summed E-state index contributed by atoms with van der Waals surface area (Å²) in [5.41, 5.74) is 0. The molecule has 1 aliphatic rings. The SMILES string of the molecule is CC1C[SiH2][Te]C1. The summed E-state index contributed by atoms with van der Waals surface area (Å²) in [6.07, 6.45) is 0. The first-order valence-corrected chi connectivity index (χ1v) is 10.6. The zero-order valence-corrected chi connectivity index (χ0v) is 7.85. The second kappa shape index (κ2) is 2.35. The van der Waals surface area contributed by atoms with Crippen LogP contribution in [0.4, 0.5) is 0 Å². The Morgan fingerprint density at radius 1 is 1.83 bits per heavy atom. The molecule has 1 rings (SSSR count). The molecular weight excluding hydrogens is 204 g/mol. The third kappa shape index (κ3) is 1.25. The van der Waals surface area contributed by atoms with E-state index in [1.165, 1.54) is 5.92 Å². The number of rotatable bonds is 0. The van der Waals surface area contributed by atoms with Crippen molar-refractivity contribution >= 4 is 27.2 Å². The second-order valence-electron chi connectivity index (χ2n) is 1.97. The van der Waals surface area contributed by atoms with Gasteiger partial charge in [0.05, 0.1) is 0 Å². The maximum absolute atomic E-state index is 2.41. The monoisotopic (exact) mass is 216 g/mol. The molecule has 36 valence electrons. The van der Waals surface area contributed by atoms with Crippen LogP contribution in [0.5, 0.6) is 0 Å². The summed E-state index contributed by atoms with van der Waals surface area (Å²) in [7, 11) is 0.626. The molecular formula is C4H10SiTe. The summed E-state index contributed by atoms with van der Waals surface area (Å²) in [5.74, 6) is 1.17. The fourth-order valence-electron chi connectivity index (χ4n) is 0.652. The Kier molecular flexibility index (Phi) is 2.02. The van der Waals surface area contributed by atoms with Gasteiger partial charge in [-0.2, -0.15) is 0 Å². The number of hydrogen-bond donors (Lipinski definition) is 0. The van der Waals surface area contributed by atoms with Gasteiger partial charge in [0.15, 0.2) is 0 Å². The van der Waals surface area contributed by atoms with Crippen molar-refractivity contribution in [1.29, 1.82) is 0 Å². The zero-order valence-electron chi connectivity index (χ0n) is 4.11. The molecule has 2 heteroatoms. The predicted octanol–water partition coefficient (Wildman–Crippen LogP) is 0.261. The summed E-state index contributed by atoms with van der Waals surface area (Å²) >= 11 is 0.698. The van der Waals surface area contributed by atoms with E-state index in [0.717, 1.165) is 0 Å². The zero-order chi connectivity index (χ0) is 4.41. The van der Waals surface area contributed by atoms with E-state index in [-0.39, 0.29) is 0 Å². The van der Waals surface area contributed by atoms with Crippen molar-refractivity contribution in [1.82, 2.24) is 0 Å². The number of hydrogen-bond acceptors (Lipinski definition) is 0. The van der Waals surface area contributed by atoms with Crippen LogP contribution in [0.25, 0.3) is 0 Å². The third-order valence-electron chi connectivity index (χ3n) is 1.16. The summed E-state index contributed by atoms with van der Waals surface area (Å²) < 4.78 is 1.68. The second-order valence-corrected chi connectivity index (χ2v) is 11.3. The Morgan fingerprint density at radius 2 is 2.67 bits per heavy atom. The Labute approximate surface area is 50.7 Å². The van der Waals surface area contributed by atoms with Gasteiger partial charge in [-0.25, -0.2) is 0 Å². The first kappa shape index (κ1) is 5.15. The Morgan fingerprint density at radius 3 is 2.83 bits per heavy atom. The van der Waals surface area contributed by atoms with Gasteiger partial charge < -0.3 is 0 Å². The molecule has 0 aromatic rings. The Balaban J connectivity index is 2.18. The Hall–Kier alpha value is 1.01. The average Bonchev–Trinajstić information content (AvgIpc) is 1.86. The minimum absolute atomic E-state index is 0.626. The van der Waals surface area contributed by atoms with Crippen LogP contribution in [0.3, 0.4) is 0 Å². The van der Waals surface area contributed by atoms with Gasteiger partial charge in [0, 0.05) is 0 Å². The topological polar surface area (TPSA) is 0 Å². The van der Waals surface area contributed by atoms with Crippen molar-refractivity contribution in [2.75, 3.05) is 0 Å². The molecule has 1 fully saturated rings. The molecule has 0 aromatic heterocycles. The predicted molar refractivity (Wildman–Crippen MR) is 33.1 cm³/mol. The Bertz CT molecular complexity index is 40.8. The van der Waals surface area contributed by atoms with Crippen LogP contribution in [0.2, 0.25) is 10.5 Å². The van der Waals surface area contributed by atoms with Crippen LogP contribution in [0, 0.1) is 5.92 Å². The molecule has 0 amide bonds. The average molecular weight is 214 g/mol. The molecule has 6 heavy (non-hydrogen) atoms. The van der Waals surface area contributed by atoms with Gasteiger partial charge >= 0.3 is 50.6 Å². The van der Waals surface area contributed by atoms with Crippen molar-refractivity contribution in [3.8, 4) is 0 Å². The summed E-state index contributed by atoms with van der Waals surface area (Å²) in [6, 6.07) is 1.68. The van der Waals surface area contributed by atoms with Crippen molar-refractivity contribution < 1.29 is 0 Å². The molecule has 0 nitrogen and oxygen atoms in total. The van der Waals surface area contributed by atoms with Gasteiger partial charge in [0.2, 0.25) is 0 Å². The van der Waals surface area contributed by atoms with E-state index in [0.29, 0.717) is 27.2 Å². The maximum atomic E-state index is 2.41. The van der Waals surface area contributed by atoms with Crippen molar-refractivity contribution in [2.45, 2.75) is 17.4 Å². The molecule has 1 heterocycles. The van der Waals surface area contributed by atoms with Crippen molar-refractivity contribution in [2.24, 2.45) is 5.92 Å². The van der Waals surface area contributed by atoms with E-state index in [1.54, 1.807) is 10.5 Å². The molecule has 0 saturated carbocycles. The quantitative estimate of drug-likeness (QED) is 0.507. The van der Waals surface area contributed by atoms with E-state index in [1.807, 2.05) is 0 Å². The van der Waals surface area contributed by atoms with Crippen LogP contribution in [-0.2, 0) is 0 Å². The molecule has 0 N–H and O–H groups in total. The van der Waals surface area contributed by atoms with Crippen LogP contribution >= 0.6 is 0 Å². The van der Waals surface area contributed by atoms with E-state index in [9.17, 15) is 0 Å². The van der Waals surface area contributed by atoms with Gasteiger partial charge in [-0.1, -0.05) is 0 Å². The van der Waals surface area contributed by atoms with Gasteiger partial charge in [-0.15, -0.1) is 0 Å². The normalized spacial score (nSPS) is 38.5. The first-order valence-electron chi connectivity index (χ1n) is 2.47. The van der Waals surface area contributed by atoms with Gasteiger partial charge in [-0.05, 0) is 0 Å². The fraction of sp³-hybridized carbons (Fsp3) is 1.00. The van der Waals surface area contributed by atoms with Gasteiger partial charge in [0.1, 0.15) is 0 Å². The standard InChI is InChI=1S/C4H10SiTe/c1-4-2-5-6-3-4/h4H,2-3,5H2,1H3. The van der Waals surface area contributed by atoms with Gasteiger partial charge in [-0.3, -0.25) is 0 Å². The van der Waals surface area contributed by atoms with Crippen LogP contribution in [-0.4, -0.2) is 27.2 Å². The van der Waals surface area contributed by atoms with Crippen molar-refractivity contribution in [3.63, 3.8) is 0 Å². The first-order chi connectivity index (χ1) is 2.89. The molecule has 0 bridgehead atoms. The van der Waals surface area contributed by atoms with Gasteiger partial charge in [0.25, 0.3) is 0 Å². The summed E-state index contributed by atoms with van der Waals surface area (Å²) in [6.45, 7) is 2.41. The molecule has 0 aliphatic carbocycles. The molecule has 0 radical (unpaired) electrons. The van der Waals surface area contributed by atoms with E-state index in [4.69, 9.17) is 0 Å². The summed E-state index contributed by atoms with van der Waals surface area (Å²) in [4.78, 5) is 0. The minimum atomic E-state index is 0.626. The van der Waals surface area contributed by atoms with Crippen LogP contribution in [0.1, 0.15) is 6.92 Å². The van der Waals surface area contributed by atoms with E-state index >= 15 is 0 Å². The summed E-state index contributed by atoms with van der Waals surface area (Å²) in [5, 5.41) is 0. The van der Waals surface area contributed by atoms with E-state index in [2.05, 4.69) is 6.92 Å². The molecule has 1 atom stereocenters. The van der Waals surface area contributed by atoms with E-state index < -0.39 is 0 Å². The van der Waals surface area contributed by atoms with Crippen LogP contribution in [0.15, 0.2) is 0 Å². The van der Waals surface area contributed by atoms with Crippen molar-refractivity contribution in [3.05, 3.63) is 0 Å². The molecule has 1 saturated heterocycles. The third-order valence-corrected chi connectivity index (χ3v) is 11.0. The molecule has 0 spiro atoms.